The van der Waals surface area contributed by atoms with Crippen LogP contribution in [0.3, 0.4) is 0 Å². The average Bonchev–Trinajstić information content (AvgIpc) is 2.93. The molecule has 2 heterocycles. The van der Waals surface area contributed by atoms with Crippen molar-refractivity contribution in [1.29, 1.82) is 0 Å². The molecule has 2 aromatic rings. The van der Waals surface area contributed by atoms with Gasteiger partial charge in [-0.3, -0.25) is 14.4 Å². The largest absolute Gasteiger partial charge is 0.466 e. The Labute approximate surface area is 136 Å². The van der Waals surface area contributed by atoms with Gasteiger partial charge in [-0.2, -0.15) is 0 Å². The molecule has 0 atom stereocenters. The van der Waals surface area contributed by atoms with Crippen LogP contribution in [0.2, 0.25) is 0 Å². The Morgan fingerprint density at radius 2 is 2.22 bits per heavy atom. The first-order chi connectivity index (χ1) is 11.1. The zero-order chi connectivity index (χ0) is 16.7. The Hall–Kier alpha value is -2.48. The van der Waals surface area contributed by atoms with Crippen molar-refractivity contribution >= 4 is 28.3 Å². The fourth-order valence-electron chi connectivity index (χ4n) is 1.85. The van der Waals surface area contributed by atoms with Crippen molar-refractivity contribution in [2.45, 2.75) is 26.3 Å². The standard InChI is InChI=1S/C15H17N3O4S/c1-2-22-14(21)9-11-10-23-15(16-11)17-12(19)6-8-18-7-4-3-5-13(18)20/h3-5,7,10H,2,6,8-9H2,1H3,(H,16,17,19). The first-order valence-electron chi connectivity index (χ1n) is 7.14. The number of hydrogen-bond acceptors (Lipinski definition) is 6. The van der Waals surface area contributed by atoms with Crippen molar-refractivity contribution in [3.8, 4) is 0 Å². The van der Waals surface area contributed by atoms with E-state index in [4.69, 9.17) is 4.74 Å². The molecule has 2 aromatic heterocycles. The summed E-state index contributed by atoms with van der Waals surface area (Å²) in [6.07, 6.45) is 1.88. The van der Waals surface area contributed by atoms with Crippen LogP contribution in [0.5, 0.6) is 0 Å². The van der Waals surface area contributed by atoms with Crippen LogP contribution in [0.25, 0.3) is 0 Å². The highest BCUT2D eigenvalue weighted by Gasteiger charge is 2.10. The number of anilines is 1. The molecule has 7 nitrogen and oxygen atoms in total. The van der Waals surface area contributed by atoms with Crippen molar-refractivity contribution in [2.75, 3.05) is 11.9 Å². The van der Waals surface area contributed by atoms with Gasteiger partial charge < -0.3 is 14.6 Å². The number of nitrogens with zero attached hydrogens (tertiary/aromatic N) is 2. The van der Waals surface area contributed by atoms with Gasteiger partial charge in [0, 0.05) is 30.6 Å². The Kier molecular flexibility index (Phi) is 6.04. The first kappa shape index (κ1) is 16.9. The van der Waals surface area contributed by atoms with Gasteiger partial charge in [-0.1, -0.05) is 6.07 Å². The van der Waals surface area contributed by atoms with Crippen LogP contribution >= 0.6 is 11.3 Å². The van der Waals surface area contributed by atoms with E-state index in [9.17, 15) is 14.4 Å². The molecule has 0 saturated heterocycles. The molecule has 0 bridgehead atoms. The highest BCUT2D eigenvalue weighted by molar-refractivity contribution is 7.13. The Bertz CT molecular complexity index is 738. The maximum absolute atomic E-state index is 11.9. The molecule has 0 saturated carbocycles. The molecule has 1 amide bonds. The van der Waals surface area contributed by atoms with Crippen LogP contribution in [-0.2, 0) is 27.3 Å². The second-order valence-electron chi connectivity index (χ2n) is 4.66. The maximum atomic E-state index is 11.9. The summed E-state index contributed by atoms with van der Waals surface area (Å²) in [4.78, 5) is 38.9. The SMILES string of the molecule is CCOC(=O)Cc1csc(NC(=O)CCn2ccccc2=O)n1. The van der Waals surface area contributed by atoms with Gasteiger partial charge in [0.25, 0.3) is 5.56 Å². The highest BCUT2D eigenvalue weighted by Crippen LogP contribution is 2.16. The molecule has 0 unspecified atom stereocenters. The molecule has 8 heteroatoms. The zero-order valence-electron chi connectivity index (χ0n) is 12.7. The van der Waals surface area contributed by atoms with E-state index < -0.39 is 0 Å². The van der Waals surface area contributed by atoms with E-state index in [0.717, 1.165) is 0 Å². The predicted octanol–water partition coefficient (Wildman–Crippen LogP) is 1.44. The molecule has 0 aliphatic carbocycles. The van der Waals surface area contributed by atoms with E-state index in [-0.39, 0.29) is 30.3 Å². The number of nitrogens with one attached hydrogen (secondary N) is 1. The minimum atomic E-state index is -0.348. The van der Waals surface area contributed by atoms with Gasteiger partial charge in [-0.25, -0.2) is 4.98 Å². The molecule has 0 aliphatic heterocycles. The quantitative estimate of drug-likeness (QED) is 0.773. The fourth-order valence-corrected chi connectivity index (χ4v) is 2.58. The summed E-state index contributed by atoms with van der Waals surface area (Å²) in [6.45, 7) is 2.36. The summed E-state index contributed by atoms with van der Waals surface area (Å²) in [5.41, 5.74) is 0.411. The number of esters is 1. The van der Waals surface area contributed by atoms with Gasteiger partial charge >= 0.3 is 5.97 Å². The molecule has 0 fully saturated rings. The van der Waals surface area contributed by atoms with Gasteiger partial charge in [0.05, 0.1) is 18.7 Å². The lowest BCUT2D eigenvalue weighted by Gasteiger charge is -2.04. The van der Waals surface area contributed by atoms with Crippen LogP contribution < -0.4 is 10.9 Å². The molecule has 1 N–H and O–H groups in total. The van der Waals surface area contributed by atoms with Crippen molar-refractivity contribution < 1.29 is 14.3 Å². The normalized spacial score (nSPS) is 10.3. The summed E-state index contributed by atoms with van der Waals surface area (Å²) in [7, 11) is 0. The van der Waals surface area contributed by atoms with Gasteiger partial charge in [0.15, 0.2) is 5.13 Å². The number of aromatic nitrogens is 2. The number of carbonyl (C=O) groups excluding carboxylic acids is 2. The molecule has 0 radical (unpaired) electrons. The molecule has 0 spiro atoms. The molecule has 0 aliphatic rings. The van der Waals surface area contributed by atoms with Crippen LogP contribution in [0, 0.1) is 0 Å². The number of hydrogen-bond donors (Lipinski definition) is 1. The van der Waals surface area contributed by atoms with Crippen molar-refractivity contribution in [1.82, 2.24) is 9.55 Å². The smallest absolute Gasteiger partial charge is 0.311 e. The van der Waals surface area contributed by atoms with Crippen LogP contribution in [0.4, 0.5) is 5.13 Å². The van der Waals surface area contributed by atoms with E-state index in [2.05, 4.69) is 10.3 Å². The highest BCUT2D eigenvalue weighted by atomic mass is 32.1. The number of pyridine rings is 1. The lowest BCUT2D eigenvalue weighted by molar-refractivity contribution is -0.142. The number of aryl methyl sites for hydroxylation is 1. The number of carbonyl (C=O) groups is 2. The van der Waals surface area contributed by atoms with Crippen LogP contribution in [0.1, 0.15) is 19.0 Å². The molecular weight excluding hydrogens is 318 g/mol. The predicted molar refractivity (Wildman–Crippen MR) is 86.4 cm³/mol. The second kappa shape index (κ2) is 8.23. The van der Waals surface area contributed by atoms with Crippen LogP contribution in [0.15, 0.2) is 34.6 Å². The van der Waals surface area contributed by atoms with E-state index >= 15 is 0 Å². The average molecular weight is 335 g/mol. The third-order valence-electron chi connectivity index (χ3n) is 2.91. The number of amides is 1. The lowest BCUT2D eigenvalue weighted by atomic mass is 10.3. The third-order valence-corrected chi connectivity index (χ3v) is 3.71. The van der Waals surface area contributed by atoms with Gasteiger partial charge in [0.1, 0.15) is 0 Å². The molecule has 2 rings (SSSR count). The Balaban J connectivity index is 1.84. The molecular formula is C15H17N3O4S. The van der Waals surface area contributed by atoms with Crippen LogP contribution in [-0.4, -0.2) is 28.0 Å². The molecule has 122 valence electrons. The summed E-state index contributed by atoms with van der Waals surface area (Å²) in [6, 6.07) is 4.84. The summed E-state index contributed by atoms with van der Waals surface area (Å²) in [5, 5.41) is 4.79. The van der Waals surface area contributed by atoms with E-state index in [1.165, 1.54) is 22.0 Å². The number of ether oxygens (including phenoxy) is 1. The number of thiazole rings is 1. The number of rotatable bonds is 7. The maximum Gasteiger partial charge on any atom is 0.311 e. The third kappa shape index (κ3) is 5.33. The monoisotopic (exact) mass is 335 g/mol. The van der Waals surface area contributed by atoms with Crippen molar-refractivity contribution in [3.05, 3.63) is 45.8 Å². The minimum absolute atomic E-state index is 0.0830. The topological polar surface area (TPSA) is 90.3 Å². The lowest BCUT2D eigenvalue weighted by Crippen LogP contribution is -2.21. The molecule has 0 aromatic carbocycles. The minimum Gasteiger partial charge on any atom is -0.466 e. The van der Waals surface area contributed by atoms with Crippen molar-refractivity contribution in [2.24, 2.45) is 0 Å². The van der Waals surface area contributed by atoms with Gasteiger partial charge in [-0.15, -0.1) is 11.3 Å². The summed E-state index contributed by atoms with van der Waals surface area (Å²) >= 11 is 1.24. The molecule has 23 heavy (non-hydrogen) atoms. The van der Waals surface area contributed by atoms with Gasteiger partial charge in [-0.05, 0) is 13.0 Å². The van der Waals surface area contributed by atoms with E-state index in [1.54, 1.807) is 30.6 Å². The zero-order valence-corrected chi connectivity index (χ0v) is 13.5. The second-order valence-corrected chi connectivity index (χ2v) is 5.51. The first-order valence-corrected chi connectivity index (χ1v) is 8.02. The van der Waals surface area contributed by atoms with Gasteiger partial charge in [0.2, 0.25) is 5.91 Å². The Morgan fingerprint density at radius 3 is 2.96 bits per heavy atom. The van der Waals surface area contributed by atoms with Crippen molar-refractivity contribution in [3.63, 3.8) is 0 Å². The fraction of sp³-hybridized carbons (Fsp3) is 0.333. The Morgan fingerprint density at radius 1 is 1.39 bits per heavy atom. The summed E-state index contributed by atoms with van der Waals surface area (Å²) < 4.78 is 6.31. The van der Waals surface area contributed by atoms with E-state index in [0.29, 0.717) is 24.0 Å². The summed E-state index contributed by atoms with van der Waals surface area (Å²) in [5.74, 6) is -0.586. The van der Waals surface area contributed by atoms with E-state index in [1.807, 2.05) is 0 Å².